The molecule has 10 aromatic rings. The van der Waals surface area contributed by atoms with Gasteiger partial charge in [-0.05, 0) is 18.2 Å². The Morgan fingerprint density at radius 3 is 2.23 bits per heavy atom. The summed E-state index contributed by atoms with van der Waals surface area (Å²) in [6.07, 6.45) is 3.61. The largest absolute Gasteiger partial charge is 0.277 e. The quantitative estimate of drug-likeness (QED) is 0.203. The molecule has 0 spiro atoms. The lowest BCUT2D eigenvalue weighted by Gasteiger charge is -2.12. The monoisotopic (exact) mass is 585 g/mol. The molecule has 0 fully saturated rings. The van der Waals surface area contributed by atoms with Crippen LogP contribution in [0.2, 0.25) is 0 Å². The molecule has 5 aromatic carbocycles. The zero-order valence-electron chi connectivity index (χ0n) is 22.5. The average Bonchev–Trinajstić information content (AvgIpc) is 3.74. The fraction of sp³-hybridized carbons (Fsp3) is 0. The van der Waals surface area contributed by atoms with Crippen molar-refractivity contribution in [1.29, 1.82) is 0 Å². The number of benzene rings is 5. The predicted octanol–water partition coefficient (Wildman–Crippen LogP) is 9.92. The summed E-state index contributed by atoms with van der Waals surface area (Å²) in [5.74, 6) is 0.662. The molecule has 5 aromatic heterocycles. The third-order valence-corrected chi connectivity index (χ3v) is 10.8. The van der Waals surface area contributed by atoms with E-state index >= 15 is 0 Å². The maximum Gasteiger partial charge on any atom is 0.235 e. The molecule has 10 rings (SSSR count). The van der Waals surface area contributed by atoms with E-state index in [9.17, 15) is 0 Å². The number of fused-ring (bicyclic) bond motifs is 13. The Bertz CT molecular complexity index is 2740. The van der Waals surface area contributed by atoms with Crippen LogP contribution in [0.15, 0.2) is 116 Å². The lowest BCUT2D eigenvalue weighted by atomic mass is 10.0. The van der Waals surface area contributed by atoms with Crippen LogP contribution in [-0.2, 0) is 0 Å². The molecule has 0 bridgehead atoms. The first kappa shape index (κ1) is 23.3. The van der Waals surface area contributed by atoms with Crippen LogP contribution in [0.25, 0.3) is 90.4 Å². The predicted molar refractivity (Wildman–Crippen MR) is 181 cm³/mol. The third-order valence-electron chi connectivity index (χ3n) is 8.37. The van der Waals surface area contributed by atoms with Gasteiger partial charge in [-0.2, -0.15) is 0 Å². The normalized spacial score (nSPS) is 12.2. The van der Waals surface area contributed by atoms with Crippen molar-refractivity contribution in [2.45, 2.75) is 0 Å². The van der Waals surface area contributed by atoms with Crippen molar-refractivity contribution >= 4 is 95.9 Å². The van der Waals surface area contributed by atoms with Crippen LogP contribution in [0.4, 0.5) is 0 Å². The minimum absolute atomic E-state index is 0.662. The average molecular weight is 586 g/mol. The van der Waals surface area contributed by atoms with Gasteiger partial charge in [-0.3, -0.25) is 4.57 Å². The Morgan fingerprint density at radius 2 is 1.33 bits per heavy atom. The van der Waals surface area contributed by atoms with Crippen molar-refractivity contribution in [3.63, 3.8) is 0 Å². The molecule has 0 radical (unpaired) electrons. The second-order valence-corrected chi connectivity index (χ2v) is 12.7. The lowest BCUT2D eigenvalue weighted by molar-refractivity contribution is 1.02. The molecule has 0 saturated carbocycles. The van der Waals surface area contributed by atoms with E-state index in [0.717, 1.165) is 43.4 Å². The van der Waals surface area contributed by atoms with Crippen molar-refractivity contribution in [2.24, 2.45) is 0 Å². The summed E-state index contributed by atoms with van der Waals surface area (Å²) in [5.41, 5.74) is 5.11. The van der Waals surface area contributed by atoms with E-state index in [-0.39, 0.29) is 0 Å². The van der Waals surface area contributed by atoms with E-state index in [1.54, 1.807) is 17.7 Å². The highest BCUT2D eigenvalue weighted by atomic mass is 32.1. The smallest absolute Gasteiger partial charge is 0.235 e. The minimum atomic E-state index is 0.662. The van der Waals surface area contributed by atoms with Gasteiger partial charge in [0.25, 0.3) is 0 Å². The number of para-hydroxylation sites is 2. The van der Waals surface area contributed by atoms with Gasteiger partial charge in [-0.25, -0.2) is 19.9 Å². The number of thiophene rings is 2. The van der Waals surface area contributed by atoms with Crippen LogP contribution < -0.4 is 0 Å². The number of aromatic nitrogens is 5. The number of hydrogen-bond acceptors (Lipinski definition) is 6. The van der Waals surface area contributed by atoms with Gasteiger partial charge in [0.15, 0.2) is 0 Å². The van der Waals surface area contributed by atoms with Crippen LogP contribution >= 0.6 is 22.7 Å². The lowest BCUT2D eigenvalue weighted by Crippen LogP contribution is -2.03. The fourth-order valence-corrected chi connectivity index (χ4v) is 9.07. The van der Waals surface area contributed by atoms with E-state index < -0.39 is 0 Å². The summed E-state index contributed by atoms with van der Waals surface area (Å²) >= 11 is 3.60. The summed E-state index contributed by atoms with van der Waals surface area (Å²) in [4.78, 5) is 20.7. The maximum absolute atomic E-state index is 5.35. The van der Waals surface area contributed by atoms with Crippen LogP contribution in [0, 0.1) is 0 Å². The zero-order valence-corrected chi connectivity index (χ0v) is 24.2. The molecule has 5 nitrogen and oxygen atoms in total. The standard InChI is InChI=1S/C36H19N5S2/c1-2-10-20(11-3-1)31-21-12-4-7-15-25(21)39-36(40-31)41-26-16-8-5-13-22(26)28-29-24-18-37-19-38-35(24)43-33(29)34-30(32(28)41)23-14-6-9-17-27(23)42-34/h1-19H. The molecule has 5 heterocycles. The molecule has 0 saturated heterocycles. The second kappa shape index (κ2) is 8.64. The van der Waals surface area contributed by atoms with E-state index in [0.29, 0.717) is 5.95 Å². The molecule has 0 atom stereocenters. The van der Waals surface area contributed by atoms with Crippen molar-refractivity contribution in [3.8, 4) is 17.2 Å². The summed E-state index contributed by atoms with van der Waals surface area (Å²) in [6, 6.07) is 36.1. The minimum Gasteiger partial charge on any atom is -0.277 e. The molecule has 200 valence electrons. The first-order valence-electron chi connectivity index (χ1n) is 14.1. The summed E-state index contributed by atoms with van der Waals surface area (Å²) in [5, 5.41) is 8.16. The molecule has 0 unspecified atom stereocenters. The number of nitrogens with zero attached hydrogens (tertiary/aromatic N) is 5. The van der Waals surface area contributed by atoms with Gasteiger partial charge in [-0.15, -0.1) is 22.7 Å². The highest BCUT2D eigenvalue weighted by molar-refractivity contribution is 7.33. The van der Waals surface area contributed by atoms with Gasteiger partial charge < -0.3 is 0 Å². The Hall–Kier alpha value is -5.24. The number of rotatable bonds is 2. The third kappa shape index (κ3) is 3.15. The maximum atomic E-state index is 5.35. The first-order chi connectivity index (χ1) is 21.3. The van der Waals surface area contributed by atoms with Gasteiger partial charge in [0, 0.05) is 54.2 Å². The van der Waals surface area contributed by atoms with Crippen LogP contribution in [-0.4, -0.2) is 24.5 Å². The van der Waals surface area contributed by atoms with Crippen molar-refractivity contribution < 1.29 is 0 Å². The van der Waals surface area contributed by atoms with Crippen molar-refractivity contribution in [1.82, 2.24) is 24.5 Å². The van der Waals surface area contributed by atoms with Crippen LogP contribution in [0.5, 0.6) is 0 Å². The van der Waals surface area contributed by atoms with E-state index in [2.05, 4.69) is 101 Å². The van der Waals surface area contributed by atoms with Crippen molar-refractivity contribution in [2.75, 3.05) is 0 Å². The Morgan fingerprint density at radius 1 is 0.581 bits per heavy atom. The second-order valence-electron chi connectivity index (χ2n) is 10.7. The van der Waals surface area contributed by atoms with E-state index in [1.807, 2.05) is 29.7 Å². The SMILES string of the molecule is c1ccc(-c2nc(-n3c4ccccc4c4c5c6cncnc6sc5c5sc6ccccc6c5c43)nc3ccccc23)cc1. The molecule has 0 aliphatic rings. The highest BCUT2D eigenvalue weighted by Crippen LogP contribution is 2.51. The molecular formula is C36H19N5S2. The molecule has 0 aliphatic heterocycles. The summed E-state index contributed by atoms with van der Waals surface area (Å²) < 4.78 is 6.07. The van der Waals surface area contributed by atoms with Gasteiger partial charge in [0.05, 0.1) is 31.6 Å². The van der Waals surface area contributed by atoms with Crippen molar-refractivity contribution in [3.05, 3.63) is 116 Å². The molecule has 0 N–H and O–H groups in total. The molecular weight excluding hydrogens is 567 g/mol. The van der Waals surface area contributed by atoms with Gasteiger partial charge in [0.1, 0.15) is 11.2 Å². The molecule has 0 aliphatic carbocycles. The fourth-order valence-electron chi connectivity index (χ4n) is 6.61. The highest BCUT2D eigenvalue weighted by Gasteiger charge is 2.26. The summed E-state index contributed by atoms with van der Waals surface area (Å²) in [6.45, 7) is 0. The molecule has 43 heavy (non-hydrogen) atoms. The Kier molecular flexibility index (Phi) is 4.69. The Labute approximate surface area is 252 Å². The van der Waals surface area contributed by atoms with Crippen LogP contribution in [0.1, 0.15) is 0 Å². The topological polar surface area (TPSA) is 56.5 Å². The van der Waals surface area contributed by atoms with Gasteiger partial charge in [0.2, 0.25) is 5.95 Å². The van der Waals surface area contributed by atoms with Gasteiger partial charge >= 0.3 is 0 Å². The van der Waals surface area contributed by atoms with E-state index in [4.69, 9.17) is 15.0 Å². The Balaban J connectivity index is 1.49. The first-order valence-corrected chi connectivity index (χ1v) is 15.7. The zero-order chi connectivity index (χ0) is 28.1. The van der Waals surface area contributed by atoms with Gasteiger partial charge in [-0.1, -0.05) is 84.9 Å². The van der Waals surface area contributed by atoms with E-state index in [1.165, 1.54) is 41.0 Å². The number of hydrogen-bond donors (Lipinski definition) is 0. The molecule has 0 amide bonds. The van der Waals surface area contributed by atoms with Crippen LogP contribution in [0.3, 0.4) is 0 Å². The molecule has 7 heteroatoms. The summed E-state index contributed by atoms with van der Waals surface area (Å²) in [7, 11) is 0.